The van der Waals surface area contributed by atoms with Gasteiger partial charge >= 0.3 is 5.97 Å². The predicted molar refractivity (Wildman–Crippen MR) is 114 cm³/mol. The number of anilines is 1. The number of rotatable bonds is 7. The topological polar surface area (TPSA) is 125 Å². The van der Waals surface area contributed by atoms with E-state index in [9.17, 15) is 27.7 Å². The molecule has 0 heterocycles. The molecule has 3 rings (SSSR count). The lowest BCUT2D eigenvalue weighted by atomic mass is 10.00. The average molecular weight is 459 g/mol. The molecule has 0 spiro atoms. The Morgan fingerprint density at radius 1 is 1.19 bits per heavy atom. The Balaban J connectivity index is 1.71. The molecule has 0 bridgehead atoms. The number of hydrogen-bond donors (Lipinski definition) is 2. The van der Waals surface area contributed by atoms with Crippen molar-refractivity contribution in [1.82, 2.24) is 5.32 Å². The molecule has 1 fully saturated rings. The molecule has 2 aromatic carbocycles. The molecule has 32 heavy (non-hydrogen) atoms. The van der Waals surface area contributed by atoms with Crippen molar-refractivity contribution in [1.29, 1.82) is 5.26 Å². The number of carbonyl (C=O) groups excluding carboxylic acids is 2. The van der Waals surface area contributed by atoms with Crippen molar-refractivity contribution >= 4 is 27.6 Å². The number of hydrogen-bond acceptors (Lipinski definition) is 6. The standard InChI is InChI=1S/C22H22FN3O5S/c1-15-12-16(23)8-9-19(15)32(29,30)26-18-7-3-2-6-17(18)21(28)31-13-20(27)25-22(14-24)10-4-5-11-22/h2-3,6-9,12,26H,4-5,10-11,13H2,1H3,(H,25,27). The van der Waals surface area contributed by atoms with Crippen molar-refractivity contribution in [2.45, 2.75) is 43.0 Å². The quantitative estimate of drug-likeness (QED) is 0.613. The highest BCUT2D eigenvalue weighted by molar-refractivity contribution is 7.92. The van der Waals surface area contributed by atoms with E-state index in [0.717, 1.165) is 31.0 Å². The van der Waals surface area contributed by atoms with E-state index >= 15 is 0 Å². The summed E-state index contributed by atoms with van der Waals surface area (Å²) in [6.07, 6.45) is 2.73. The number of sulfonamides is 1. The van der Waals surface area contributed by atoms with Crippen molar-refractivity contribution in [2.24, 2.45) is 0 Å². The minimum absolute atomic E-state index is 0.0501. The van der Waals surface area contributed by atoms with Gasteiger partial charge < -0.3 is 10.1 Å². The van der Waals surface area contributed by atoms with Gasteiger partial charge in [-0.1, -0.05) is 12.1 Å². The molecule has 0 aliphatic heterocycles. The monoisotopic (exact) mass is 459 g/mol. The molecule has 1 saturated carbocycles. The number of carbonyl (C=O) groups is 2. The molecule has 8 nitrogen and oxygen atoms in total. The van der Waals surface area contributed by atoms with Crippen LogP contribution in [0.3, 0.4) is 0 Å². The van der Waals surface area contributed by atoms with E-state index in [0.29, 0.717) is 12.8 Å². The first-order valence-electron chi connectivity index (χ1n) is 9.93. The molecule has 2 N–H and O–H groups in total. The zero-order valence-corrected chi connectivity index (χ0v) is 18.2. The lowest BCUT2D eigenvalue weighted by Gasteiger charge is -2.21. The summed E-state index contributed by atoms with van der Waals surface area (Å²) in [6.45, 7) is 0.842. The first-order chi connectivity index (χ1) is 15.2. The third-order valence-electron chi connectivity index (χ3n) is 5.20. The number of ether oxygens (including phenoxy) is 1. The van der Waals surface area contributed by atoms with Crippen LogP contribution in [0.5, 0.6) is 0 Å². The van der Waals surface area contributed by atoms with Crippen LogP contribution in [0.15, 0.2) is 47.4 Å². The van der Waals surface area contributed by atoms with Gasteiger partial charge in [0.1, 0.15) is 11.4 Å². The van der Waals surface area contributed by atoms with Gasteiger partial charge in [-0.3, -0.25) is 9.52 Å². The van der Waals surface area contributed by atoms with Gasteiger partial charge in [-0.25, -0.2) is 17.6 Å². The van der Waals surface area contributed by atoms with Crippen LogP contribution in [-0.2, 0) is 19.6 Å². The largest absolute Gasteiger partial charge is 0.452 e. The second-order valence-electron chi connectivity index (χ2n) is 7.59. The lowest BCUT2D eigenvalue weighted by molar-refractivity contribution is -0.125. The van der Waals surface area contributed by atoms with Crippen molar-refractivity contribution in [3.05, 3.63) is 59.4 Å². The summed E-state index contributed by atoms with van der Waals surface area (Å²) in [4.78, 5) is 24.6. The van der Waals surface area contributed by atoms with E-state index in [1.807, 2.05) is 0 Å². The summed E-state index contributed by atoms with van der Waals surface area (Å²) in [6, 6.07) is 11.1. The smallest absolute Gasteiger partial charge is 0.340 e. The fourth-order valence-corrected chi connectivity index (χ4v) is 4.93. The predicted octanol–water partition coefficient (Wildman–Crippen LogP) is 3.04. The maximum absolute atomic E-state index is 13.3. The zero-order chi connectivity index (χ0) is 23.4. The number of benzene rings is 2. The molecular formula is C22H22FN3O5S. The number of amides is 1. The van der Waals surface area contributed by atoms with Gasteiger partial charge in [-0.2, -0.15) is 5.26 Å². The van der Waals surface area contributed by atoms with Crippen molar-refractivity contribution < 1.29 is 27.1 Å². The molecule has 2 aromatic rings. The van der Waals surface area contributed by atoms with E-state index in [1.54, 1.807) is 0 Å². The lowest BCUT2D eigenvalue weighted by Crippen LogP contribution is -2.46. The van der Waals surface area contributed by atoms with Gasteiger partial charge in [0.25, 0.3) is 15.9 Å². The summed E-state index contributed by atoms with van der Waals surface area (Å²) in [5.74, 6) is -2.09. The Bertz CT molecular complexity index is 1180. The van der Waals surface area contributed by atoms with Crippen molar-refractivity contribution in [3.63, 3.8) is 0 Å². The van der Waals surface area contributed by atoms with E-state index in [1.165, 1.54) is 31.2 Å². The normalized spacial score (nSPS) is 14.9. The Hall–Kier alpha value is -3.45. The average Bonchev–Trinajstić information content (AvgIpc) is 3.20. The second kappa shape index (κ2) is 9.36. The van der Waals surface area contributed by atoms with Gasteiger partial charge in [0, 0.05) is 0 Å². The molecule has 0 unspecified atom stereocenters. The first kappa shape index (κ1) is 23.2. The molecule has 0 radical (unpaired) electrons. The molecule has 0 aromatic heterocycles. The van der Waals surface area contributed by atoms with Crippen LogP contribution in [0.25, 0.3) is 0 Å². The minimum atomic E-state index is -4.12. The maximum atomic E-state index is 13.3. The SMILES string of the molecule is Cc1cc(F)ccc1S(=O)(=O)Nc1ccccc1C(=O)OCC(=O)NC1(C#N)CCCC1. The van der Waals surface area contributed by atoms with Gasteiger partial charge in [0.05, 0.1) is 22.2 Å². The number of halogens is 1. The summed E-state index contributed by atoms with van der Waals surface area (Å²) in [7, 11) is -4.12. The van der Waals surface area contributed by atoms with E-state index in [4.69, 9.17) is 4.74 Å². The van der Waals surface area contributed by atoms with E-state index < -0.39 is 39.9 Å². The summed E-state index contributed by atoms with van der Waals surface area (Å²) < 4.78 is 46.2. The number of nitriles is 1. The van der Waals surface area contributed by atoms with Crippen LogP contribution < -0.4 is 10.0 Å². The summed E-state index contributed by atoms with van der Waals surface area (Å²) >= 11 is 0. The van der Waals surface area contributed by atoms with Gasteiger partial charge in [0.15, 0.2) is 6.61 Å². The molecule has 1 aliphatic rings. The number of nitrogens with zero attached hydrogens (tertiary/aromatic N) is 1. The van der Waals surface area contributed by atoms with Crippen LogP contribution >= 0.6 is 0 Å². The Morgan fingerprint density at radius 2 is 1.88 bits per heavy atom. The zero-order valence-electron chi connectivity index (χ0n) is 17.4. The highest BCUT2D eigenvalue weighted by atomic mass is 32.2. The number of esters is 1. The molecule has 168 valence electrons. The molecule has 10 heteroatoms. The molecule has 1 aliphatic carbocycles. The molecule has 1 amide bonds. The van der Waals surface area contributed by atoms with Crippen LogP contribution in [0.2, 0.25) is 0 Å². The van der Waals surface area contributed by atoms with Crippen LogP contribution in [0, 0.1) is 24.1 Å². The van der Waals surface area contributed by atoms with Gasteiger partial charge in [0.2, 0.25) is 0 Å². The van der Waals surface area contributed by atoms with Crippen LogP contribution in [0.1, 0.15) is 41.6 Å². The Labute approximate surface area is 185 Å². The van der Waals surface area contributed by atoms with E-state index in [-0.39, 0.29) is 21.7 Å². The molecule has 0 saturated heterocycles. The number of para-hydroxylation sites is 1. The highest BCUT2D eigenvalue weighted by Crippen LogP contribution is 2.29. The second-order valence-corrected chi connectivity index (χ2v) is 9.24. The Kier molecular flexibility index (Phi) is 6.79. The third kappa shape index (κ3) is 5.23. The molecule has 0 atom stereocenters. The van der Waals surface area contributed by atoms with Gasteiger partial charge in [-0.15, -0.1) is 0 Å². The molecular weight excluding hydrogens is 437 g/mol. The first-order valence-corrected chi connectivity index (χ1v) is 11.4. The summed E-state index contributed by atoms with van der Waals surface area (Å²) in [5.41, 5.74) is -0.887. The van der Waals surface area contributed by atoms with Crippen LogP contribution in [-0.4, -0.2) is 32.4 Å². The minimum Gasteiger partial charge on any atom is -0.452 e. The Morgan fingerprint density at radius 3 is 2.53 bits per heavy atom. The number of nitrogens with one attached hydrogen (secondary N) is 2. The van der Waals surface area contributed by atoms with E-state index in [2.05, 4.69) is 16.1 Å². The fraction of sp³-hybridized carbons (Fsp3) is 0.318. The van der Waals surface area contributed by atoms with Gasteiger partial charge in [-0.05, 0) is 68.5 Å². The summed E-state index contributed by atoms with van der Waals surface area (Å²) in [5, 5.41) is 12.0. The highest BCUT2D eigenvalue weighted by Gasteiger charge is 2.35. The van der Waals surface area contributed by atoms with Crippen LogP contribution in [0.4, 0.5) is 10.1 Å². The third-order valence-corrected chi connectivity index (χ3v) is 6.73. The van der Waals surface area contributed by atoms with Crippen molar-refractivity contribution in [2.75, 3.05) is 11.3 Å². The van der Waals surface area contributed by atoms with Crippen molar-refractivity contribution in [3.8, 4) is 6.07 Å². The maximum Gasteiger partial charge on any atom is 0.340 e. The fourth-order valence-electron chi connectivity index (χ4n) is 3.62. The number of aryl methyl sites for hydroxylation is 1.